The highest BCUT2D eigenvalue weighted by atomic mass is 15.1. The number of hydrogen-bond acceptors (Lipinski definition) is 3. The quantitative estimate of drug-likeness (QED) is 0.801. The number of imidazole rings is 1. The van der Waals surface area contributed by atoms with Crippen LogP contribution in [-0.4, -0.2) is 29.0 Å². The lowest BCUT2D eigenvalue weighted by Gasteiger charge is -2.09. The van der Waals surface area contributed by atoms with Gasteiger partial charge in [-0.1, -0.05) is 23.8 Å². The molecule has 0 spiro atoms. The van der Waals surface area contributed by atoms with Gasteiger partial charge in [0.1, 0.15) is 11.6 Å². The lowest BCUT2D eigenvalue weighted by atomic mass is 10.0. The Hall–Kier alpha value is -2.36. The summed E-state index contributed by atoms with van der Waals surface area (Å²) in [4.78, 5) is 14.5. The maximum Gasteiger partial charge on any atom is 0.179 e. The van der Waals surface area contributed by atoms with Crippen LogP contribution in [0, 0.1) is 13.8 Å². The molecule has 2 heterocycles. The summed E-state index contributed by atoms with van der Waals surface area (Å²) in [6.45, 7) is 4.26. The molecule has 3 rings (SSSR count). The van der Waals surface area contributed by atoms with Gasteiger partial charge in [0, 0.05) is 20.5 Å². The maximum atomic E-state index is 4.63. The van der Waals surface area contributed by atoms with E-state index >= 15 is 0 Å². The predicted octanol–water partition coefficient (Wildman–Crippen LogP) is 3.23. The largest absolute Gasteiger partial charge is 0.363 e. The zero-order valence-electron chi connectivity index (χ0n) is 12.9. The number of H-pyrrole nitrogens is 1. The average molecular weight is 280 g/mol. The van der Waals surface area contributed by atoms with Crippen molar-refractivity contribution in [1.82, 2.24) is 15.0 Å². The molecule has 1 aromatic carbocycles. The first-order valence-electron chi connectivity index (χ1n) is 7.12. The third kappa shape index (κ3) is 2.75. The summed E-state index contributed by atoms with van der Waals surface area (Å²) < 4.78 is 0. The maximum absolute atomic E-state index is 4.63. The number of nitrogens with zero attached hydrogens (tertiary/aromatic N) is 3. The van der Waals surface area contributed by atoms with Crippen LogP contribution < -0.4 is 4.90 Å². The van der Waals surface area contributed by atoms with E-state index in [0.29, 0.717) is 0 Å². The Morgan fingerprint density at radius 3 is 2.62 bits per heavy atom. The molecule has 0 aliphatic rings. The molecule has 0 amide bonds. The van der Waals surface area contributed by atoms with Crippen LogP contribution in [0.15, 0.2) is 30.3 Å². The molecule has 3 aromatic rings. The lowest BCUT2D eigenvalue weighted by molar-refractivity contribution is 1.02. The summed E-state index contributed by atoms with van der Waals surface area (Å²) in [6, 6.07) is 10.6. The monoisotopic (exact) mass is 280 g/mol. The van der Waals surface area contributed by atoms with E-state index in [4.69, 9.17) is 0 Å². The summed E-state index contributed by atoms with van der Waals surface area (Å²) in [5, 5.41) is 0. The zero-order chi connectivity index (χ0) is 15.0. The minimum Gasteiger partial charge on any atom is -0.363 e. The van der Waals surface area contributed by atoms with Crippen LogP contribution in [0.4, 0.5) is 5.82 Å². The second-order valence-electron chi connectivity index (χ2n) is 5.73. The number of hydrogen-bond donors (Lipinski definition) is 1. The first-order valence-corrected chi connectivity index (χ1v) is 7.12. The highest BCUT2D eigenvalue weighted by molar-refractivity contribution is 5.73. The topological polar surface area (TPSA) is 44.8 Å². The first-order chi connectivity index (χ1) is 10.0. The molecule has 2 aromatic heterocycles. The Morgan fingerprint density at radius 1 is 1.05 bits per heavy atom. The molecule has 21 heavy (non-hydrogen) atoms. The fraction of sp³-hybridized carbons (Fsp3) is 0.294. The number of pyridine rings is 1. The number of rotatable bonds is 3. The summed E-state index contributed by atoms with van der Waals surface area (Å²) in [5.74, 6) is 1.88. The Labute approximate surface area is 124 Å². The van der Waals surface area contributed by atoms with Crippen LogP contribution in [0.3, 0.4) is 0 Å². The molecule has 108 valence electrons. The zero-order valence-corrected chi connectivity index (χ0v) is 12.9. The molecule has 0 bridgehead atoms. The SMILES string of the molecule is Cc1ccc(C)c(Cc2nc3nc(N(C)C)ccc3[nH]2)c1. The van der Waals surface area contributed by atoms with Gasteiger partial charge in [0.15, 0.2) is 5.65 Å². The number of aromatic amines is 1. The standard InChI is InChI=1S/C17H20N4/c1-11-5-6-12(2)13(9-11)10-15-18-14-7-8-16(21(3)4)20-17(14)19-15/h5-9H,10H2,1-4H3,(H,18,19,20). The number of anilines is 1. The number of aromatic nitrogens is 3. The molecule has 0 radical (unpaired) electrons. The van der Waals surface area contributed by atoms with E-state index in [1.807, 2.05) is 31.1 Å². The van der Waals surface area contributed by atoms with E-state index in [1.54, 1.807) is 0 Å². The van der Waals surface area contributed by atoms with Gasteiger partial charge in [0.2, 0.25) is 0 Å². The number of nitrogens with one attached hydrogen (secondary N) is 1. The Balaban J connectivity index is 1.96. The van der Waals surface area contributed by atoms with Gasteiger partial charge in [-0.05, 0) is 37.1 Å². The van der Waals surface area contributed by atoms with Crippen molar-refractivity contribution in [3.63, 3.8) is 0 Å². The van der Waals surface area contributed by atoms with Gasteiger partial charge in [-0.15, -0.1) is 0 Å². The normalized spacial score (nSPS) is 11.0. The van der Waals surface area contributed by atoms with Crippen molar-refractivity contribution in [1.29, 1.82) is 0 Å². The van der Waals surface area contributed by atoms with Gasteiger partial charge in [0.25, 0.3) is 0 Å². The van der Waals surface area contributed by atoms with E-state index in [0.717, 1.165) is 29.2 Å². The molecule has 4 heteroatoms. The van der Waals surface area contributed by atoms with E-state index in [1.165, 1.54) is 16.7 Å². The second-order valence-corrected chi connectivity index (χ2v) is 5.73. The smallest absolute Gasteiger partial charge is 0.179 e. The van der Waals surface area contributed by atoms with Gasteiger partial charge in [-0.25, -0.2) is 9.97 Å². The molecular formula is C17H20N4. The van der Waals surface area contributed by atoms with Gasteiger partial charge in [-0.3, -0.25) is 0 Å². The number of fused-ring (bicyclic) bond motifs is 1. The van der Waals surface area contributed by atoms with Gasteiger partial charge < -0.3 is 9.88 Å². The molecule has 0 saturated heterocycles. The van der Waals surface area contributed by atoms with E-state index in [2.05, 4.69) is 47.0 Å². The second kappa shape index (κ2) is 5.20. The van der Waals surface area contributed by atoms with Crippen LogP contribution in [0.2, 0.25) is 0 Å². The van der Waals surface area contributed by atoms with Gasteiger partial charge >= 0.3 is 0 Å². The van der Waals surface area contributed by atoms with E-state index < -0.39 is 0 Å². The molecule has 0 fully saturated rings. The number of aryl methyl sites for hydroxylation is 2. The van der Waals surface area contributed by atoms with Crippen molar-refractivity contribution in [3.8, 4) is 0 Å². The van der Waals surface area contributed by atoms with Crippen LogP contribution in [0.25, 0.3) is 11.2 Å². The Kier molecular flexibility index (Phi) is 3.37. The van der Waals surface area contributed by atoms with Crippen LogP contribution in [-0.2, 0) is 6.42 Å². The van der Waals surface area contributed by atoms with Crippen LogP contribution >= 0.6 is 0 Å². The third-order valence-electron chi connectivity index (χ3n) is 3.70. The molecular weight excluding hydrogens is 260 g/mol. The third-order valence-corrected chi connectivity index (χ3v) is 3.70. The fourth-order valence-corrected chi connectivity index (χ4v) is 2.44. The first kappa shape index (κ1) is 13.6. The van der Waals surface area contributed by atoms with Crippen LogP contribution in [0.1, 0.15) is 22.5 Å². The summed E-state index contributed by atoms with van der Waals surface area (Å²) >= 11 is 0. The van der Waals surface area contributed by atoms with Crippen molar-refractivity contribution in [2.45, 2.75) is 20.3 Å². The molecule has 4 nitrogen and oxygen atoms in total. The van der Waals surface area contributed by atoms with E-state index in [9.17, 15) is 0 Å². The summed E-state index contributed by atoms with van der Waals surface area (Å²) in [5.41, 5.74) is 5.65. The number of benzene rings is 1. The average Bonchev–Trinajstić information content (AvgIpc) is 2.84. The highest BCUT2D eigenvalue weighted by Crippen LogP contribution is 2.18. The van der Waals surface area contributed by atoms with Gasteiger partial charge in [0.05, 0.1) is 5.52 Å². The Bertz CT molecular complexity index is 787. The van der Waals surface area contributed by atoms with Crippen molar-refractivity contribution in [2.24, 2.45) is 0 Å². The molecule has 0 saturated carbocycles. The fourth-order valence-electron chi connectivity index (χ4n) is 2.44. The molecule has 0 aliphatic carbocycles. The van der Waals surface area contributed by atoms with Crippen molar-refractivity contribution >= 4 is 17.0 Å². The molecule has 1 N–H and O–H groups in total. The minimum absolute atomic E-state index is 0.779. The molecule has 0 unspecified atom stereocenters. The molecule has 0 atom stereocenters. The van der Waals surface area contributed by atoms with Crippen molar-refractivity contribution in [3.05, 3.63) is 52.8 Å². The van der Waals surface area contributed by atoms with Gasteiger partial charge in [-0.2, -0.15) is 0 Å². The van der Waals surface area contributed by atoms with Crippen molar-refractivity contribution in [2.75, 3.05) is 19.0 Å². The lowest BCUT2D eigenvalue weighted by Crippen LogP contribution is -2.10. The summed E-state index contributed by atoms with van der Waals surface area (Å²) in [6.07, 6.45) is 0.807. The van der Waals surface area contributed by atoms with Crippen molar-refractivity contribution < 1.29 is 0 Å². The summed E-state index contributed by atoms with van der Waals surface area (Å²) in [7, 11) is 3.97. The van der Waals surface area contributed by atoms with E-state index in [-0.39, 0.29) is 0 Å². The van der Waals surface area contributed by atoms with Crippen LogP contribution in [0.5, 0.6) is 0 Å². The highest BCUT2D eigenvalue weighted by Gasteiger charge is 2.08. The Morgan fingerprint density at radius 2 is 1.86 bits per heavy atom. The minimum atomic E-state index is 0.779. The predicted molar refractivity (Wildman–Crippen MR) is 86.9 cm³/mol. The molecule has 0 aliphatic heterocycles.